The van der Waals surface area contributed by atoms with Crippen LogP contribution in [0.1, 0.15) is 69.6 Å². The van der Waals surface area contributed by atoms with Crippen molar-refractivity contribution in [3.63, 3.8) is 0 Å². The number of nitrogens with zero attached hydrogens (tertiary/aromatic N) is 3. The van der Waals surface area contributed by atoms with Crippen molar-refractivity contribution in [1.29, 1.82) is 0 Å². The van der Waals surface area contributed by atoms with Gasteiger partial charge in [-0.05, 0) is 56.9 Å². The van der Waals surface area contributed by atoms with Crippen LogP contribution in [0.5, 0.6) is 0 Å². The van der Waals surface area contributed by atoms with Crippen LogP contribution in [0.3, 0.4) is 0 Å². The molecular weight excluding hydrogens is 274 g/mol. The highest BCUT2D eigenvalue weighted by Gasteiger charge is 2.50. The largest absolute Gasteiger partial charge is 0.425 e. The predicted molar refractivity (Wildman–Crippen MR) is 85.6 cm³/mol. The van der Waals surface area contributed by atoms with E-state index < -0.39 is 0 Å². The summed E-state index contributed by atoms with van der Waals surface area (Å²) in [5.41, 5.74) is 0. The molecule has 1 saturated carbocycles. The number of fused-ring (bicyclic) bond motifs is 2. The fourth-order valence-corrected chi connectivity index (χ4v) is 5.50. The highest BCUT2D eigenvalue weighted by molar-refractivity contribution is 5.11. The Morgan fingerprint density at radius 2 is 1.82 bits per heavy atom. The minimum atomic E-state index is 0.461. The molecule has 3 aliphatic rings. The van der Waals surface area contributed by atoms with Gasteiger partial charge in [0.25, 0.3) is 0 Å². The summed E-state index contributed by atoms with van der Waals surface area (Å²) < 4.78 is 5.92. The van der Waals surface area contributed by atoms with Gasteiger partial charge in [-0.25, -0.2) is 0 Å². The predicted octanol–water partition coefficient (Wildman–Crippen LogP) is 3.77. The molecule has 1 aromatic rings. The molecule has 4 nitrogen and oxygen atoms in total. The second kappa shape index (κ2) is 5.63. The summed E-state index contributed by atoms with van der Waals surface area (Å²) in [6.07, 6.45) is 9.59. The first kappa shape index (κ1) is 14.7. The standard InChI is InChI=1S/C18H29N3O/c1-11-4-6-13(7-5-11)15-10-14-8-9-16(21(14)3)17(15)18-20-19-12(2)22-18/h11,13-17H,4-10H2,1-3H3/t11?,13?,14-,15-,16?,17?/m1/s1. The Kier molecular flexibility index (Phi) is 3.75. The second-order valence-corrected chi connectivity index (χ2v) is 8.07. The molecule has 0 N–H and O–H groups in total. The molecule has 4 atom stereocenters. The van der Waals surface area contributed by atoms with E-state index in [-0.39, 0.29) is 0 Å². The van der Waals surface area contributed by atoms with Crippen molar-refractivity contribution in [3.8, 4) is 0 Å². The van der Waals surface area contributed by atoms with E-state index >= 15 is 0 Å². The molecule has 1 aromatic heterocycles. The minimum absolute atomic E-state index is 0.461. The van der Waals surface area contributed by atoms with Crippen LogP contribution in [0.2, 0.25) is 0 Å². The number of hydrogen-bond acceptors (Lipinski definition) is 4. The highest BCUT2D eigenvalue weighted by atomic mass is 16.4. The lowest BCUT2D eigenvalue weighted by Gasteiger charge is -2.46. The number of rotatable bonds is 2. The van der Waals surface area contributed by atoms with E-state index in [1.165, 1.54) is 44.9 Å². The molecule has 1 aliphatic carbocycles. The summed E-state index contributed by atoms with van der Waals surface area (Å²) in [6.45, 7) is 4.32. The number of piperidine rings is 1. The third-order valence-corrected chi connectivity index (χ3v) is 6.81. The van der Waals surface area contributed by atoms with Gasteiger partial charge in [-0.2, -0.15) is 0 Å². The van der Waals surface area contributed by atoms with Gasteiger partial charge in [0.1, 0.15) is 0 Å². The normalized spacial score (nSPS) is 42.7. The number of hydrogen-bond donors (Lipinski definition) is 0. The molecular formula is C18H29N3O. The molecule has 4 heteroatoms. The van der Waals surface area contributed by atoms with Gasteiger partial charge in [0.05, 0.1) is 5.92 Å². The van der Waals surface area contributed by atoms with E-state index in [9.17, 15) is 0 Å². The van der Waals surface area contributed by atoms with Crippen molar-refractivity contribution in [1.82, 2.24) is 15.1 Å². The summed E-state index contributed by atoms with van der Waals surface area (Å²) in [4.78, 5) is 2.60. The lowest BCUT2D eigenvalue weighted by Crippen LogP contribution is -2.47. The lowest BCUT2D eigenvalue weighted by atomic mass is 9.67. The van der Waals surface area contributed by atoms with Crippen molar-refractivity contribution in [3.05, 3.63) is 11.8 Å². The van der Waals surface area contributed by atoms with Gasteiger partial charge >= 0.3 is 0 Å². The Bertz CT molecular complexity index is 520. The molecule has 3 heterocycles. The van der Waals surface area contributed by atoms with E-state index in [2.05, 4.69) is 29.1 Å². The topological polar surface area (TPSA) is 42.2 Å². The van der Waals surface area contributed by atoms with Crippen LogP contribution in [-0.4, -0.2) is 34.2 Å². The average molecular weight is 303 g/mol. The average Bonchev–Trinajstić information content (AvgIpc) is 3.02. The summed E-state index contributed by atoms with van der Waals surface area (Å²) in [5.74, 6) is 4.63. The van der Waals surface area contributed by atoms with Gasteiger partial charge in [0.2, 0.25) is 11.8 Å². The van der Waals surface area contributed by atoms with Crippen molar-refractivity contribution in [2.45, 2.75) is 76.8 Å². The summed E-state index contributed by atoms with van der Waals surface area (Å²) in [6, 6.07) is 1.40. The molecule has 0 spiro atoms. The molecule has 4 rings (SSSR count). The van der Waals surface area contributed by atoms with Crippen LogP contribution in [-0.2, 0) is 0 Å². The third kappa shape index (κ3) is 2.40. The number of aryl methyl sites for hydroxylation is 1. The van der Waals surface area contributed by atoms with Gasteiger partial charge in [-0.1, -0.05) is 19.8 Å². The molecule has 0 radical (unpaired) electrons. The number of likely N-dealkylation sites (N-methyl/N-ethyl adjacent to an activating group) is 1. The van der Waals surface area contributed by atoms with Crippen molar-refractivity contribution in [2.24, 2.45) is 17.8 Å². The first-order chi connectivity index (χ1) is 10.6. The highest BCUT2D eigenvalue weighted by Crippen LogP contribution is 2.51. The Morgan fingerprint density at radius 3 is 2.50 bits per heavy atom. The fourth-order valence-electron chi connectivity index (χ4n) is 5.50. The first-order valence-corrected chi connectivity index (χ1v) is 9.15. The fraction of sp³-hybridized carbons (Fsp3) is 0.889. The Morgan fingerprint density at radius 1 is 1.05 bits per heavy atom. The van der Waals surface area contributed by atoms with Crippen LogP contribution in [0.15, 0.2) is 4.42 Å². The van der Waals surface area contributed by atoms with Crippen LogP contribution < -0.4 is 0 Å². The minimum Gasteiger partial charge on any atom is -0.425 e. The molecule has 3 fully saturated rings. The lowest BCUT2D eigenvalue weighted by molar-refractivity contribution is 0.0470. The van der Waals surface area contributed by atoms with Crippen LogP contribution in [0.4, 0.5) is 0 Å². The van der Waals surface area contributed by atoms with E-state index in [4.69, 9.17) is 4.42 Å². The zero-order valence-electron chi connectivity index (χ0n) is 14.2. The monoisotopic (exact) mass is 303 g/mol. The van der Waals surface area contributed by atoms with E-state index in [0.717, 1.165) is 29.7 Å². The molecule has 2 aliphatic heterocycles. The molecule has 2 saturated heterocycles. The van der Waals surface area contributed by atoms with Gasteiger partial charge in [-0.15, -0.1) is 10.2 Å². The van der Waals surface area contributed by atoms with Crippen molar-refractivity contribution >= 4 is 0 Å². The SMILES string of the molecule is Cc1nnc(C2C3CC[C@H](C[C@@H]2C2CCC(C)CC2)N3C)o1. The first-order valence-electron chi connectivity index (χ1n) is 9.15. The van der Waals surface area contributed by atoms with Crippen molar-refractivity contribution < 1.29 is 4.42 Å². The van der Waals surface area contributed by atoms with E-state index in [0.29, 0.717) is 17.9 Å². The van der Waals surface area contributed by atoms with E-state index in [1.54, 1.807) is 0 Å². The molecule has 0 aromatic carbocycles. The van der Waals surface area contributed by atoms with E-state index in [1.807, 2.05) is 6.92 Å². The molecule has 2 unspecified atom stereocenters. The summed E-state index contributed by atoms with van der Waals surface area (Å²) in [5, 5.41) is 8.56. The molecule has 0 amide bonds. The maximum Gasteiger partial charge on any atom is 0.221 e. The molecule has 2 bridgehead atoms. The maximum absolute atomic E-state index is 5.92. The maximum atomic E-state index is 5.92. The Hall–Kier alpha value is -0.900. The molecule has 122 valence electrons. The number of aromatic nitrogens is 2. The van der Waals surface area contributed by atoms with Gasteiger partial charge in [0, 0.05) is 19.0 Å². The smallest absolute Gasteiger partial charge is 0.221 e. The molecule has 22 heavy (non-hydrogen) atoms. The van der Waals surface area contributed by atoms with Crippen LogP contribution in [0, 0.1) is 24.7 Å². The third-order valence-electron chi connectivity index (χ3n) is 6.81. The second-order valence-electron chi connectivity index (χ2n) is 8.07. The summed E-state index contributed by atoms with van der Waals surface area (Å²) >= 11 is 0. The zero-order valence-corrected chi connectivity index (χ0v) is 14.2. The quantitative estimate of drug-likeness (QED) is 0.834. The van der Waals surface area contributed by atoms with Crippen molar-refractivity contribution in [2.75, 3.05) is 7.05 Å². The van der Waals surface area contributed by atoms with Gasteiger partial charge in [0.15, 0.2) is 0 Å². The Labute approximate surface area is 133 Å². The van der Waals surface area contributed by atoms with Gasteiger partial charge in [-0.3, -0.25) is 4.90 Å². The van der Waals surface area contributed by atoms with Gasteiger partial charge < -0.3 is 4.42 Å². The van der Waals surface area contributed by atoms with Crippen LogP contribution in [0.25, 0.3) is 0 Å². The summed E-state index contributed by atoms with van der Waals surface area (Å²) in [7, 11) is 2.30. The zero-order chi connectivity index (χ0) is 15.3. The Balaban J connectivity index is 1.63. The van der Waals surface area contributed by atoms with Crippen LogP contribution >= 0.6 is 0 Å².